The Hall–Kier alpha value is -0.490. The molecule has 4 N–H and O–H groups in total. The second-order valence-corrected chi connectivity index (χ2v) is 4.36. The summed E-state index contributed by atoms with van der Waals surface area (Å²) >= 11 is 0. The molecule has 0 saturated carbocycles. The first-order valence-corrected chi connectivity index (χ1v) is 4.40. The van der Waals surface area contributed by atoms with Crippen LogP contribution < -0.4 is 0 Å². The van der Waals surface area contributed by atoms with Gasteiger partial charge < -0.3 is 20.4 Å². The molecule has 0 aliphatic rings. The van der Waals surface area contributed by atoms with Crippen molar-refractivity contribution in [3.05, 3.63) is 0 Å². The predicted octanol–water partition coefficient (Wildman–Crippen LogP) is -1.32. The third-order valence-electron chi connectivity index (χ3n) is 1.98. The summed E-state index contributed by atoms with van der Waals surface area (Å²) in [5.41, 5.74) is -0.662. The van der Waals surface area contributed by atoms with E-state index in [1.807, 2.05) is 0 Å². The summed E-state index contributed by atoms with van der Waals surface area (Å²) in [7, 11) is 0. The summed E-state index contributed by atoms with van der Waals surface area (Å²) in [6.45, 7) is 4.20. The number of carbonyl (C=O) groups excluding carboxylic acids is 1. The van der Waals surface area contributed by atoms with Crippen molar-refractivity contribution in [1.29, 1.82) is 0 Å². The van der Waals surface area contributed by atoms with Crippen molar-refractivity contribution < 1.29 is 25.2 Å². The number of carbonyl (C=O) groups is 1. The third-order valence-corrected chi connectivity index (χ3v) is 1.98. The van der Waals surface area contributed by atoms with Gasteiger partial charge >= 0.3 is 0 Å². The minimum Gasteiger partial charge on any atom is -0.393 e. The highest BCUT2D eigenvalue weighted by Gasteiger charge is 2.35. The lowest BCUT2D eigenvalue weighted by molar-refractivity contribution is -0.148. The first-order valence-electron chi connectivity index (χ1n) is 4.40. The van der Waals surface area contributed by atoms with Gasteiger partial charge in [0.1, 0.15) is 12.2 Å². The number of aliphatic hydroxyl groups excluding tert-OH is 4. The van der Waals surface area contributed by atoms with Crippen LogP contribution in [-0.2, 0) is 4.79 Å². The Morgan fingerprint density at radius 1 is 1.21 bits per heavy atom. The van der Waals surface area contributed by atoms with Crippen molar-refractivity contribution in [3.8, 4) is 0 Å². The molecule has 0 heterocycles. The maximum Gasteiger partial charge on any atom is 0.194 e. The van der Waals surface area contributed by atoms with Crippen LogP contribution in [0.2, 0.25) is 0 Å². The molecule has 0 aliphatic carbocycles. The molecule has 0 radical (unpaired) electrons. The minimum absolute atomic E-state index is 0.662. The molecule has 3 atom stereocenters. The number of hydrogen-bond donors (Lipinski definition) is 4. The topological polar surface area (TPSA) is 98.0 Å². The van der Waals surface area contributed by atoms with Crippen molar-refractivity contribution in [2.75, 3.05) is 6.61 Å². The highest BCUT2D eigenvalue weighted by molar-refractivity contribution is 5.87. The van der Waals surface area contributed by atoms with E-state index in [1.165, 1.54) is 0 Å². The predicted molar refractivity (Wildman–Crippen MR) is 49.6 cm³/mol. The van der Waals surface area contributed by atoms with E-state index >= 15 is 0 Å². The first-order chi connectivity index (χ1) is 6.21. The van der Waals surface area contributed by atoms with Crippen LogP contribution in [-0.4, -0.2) is 51.1 Å². The van der Waals surface area contributed by atoms with Crippen LogP contribution in [0.1, 0.15) is 20.8 Å². The Balaban J connectivity index is 4.47. The molecule has 0 spiro atoms. The van der Waals surface area contributed by atoms with Gasteiger partial charge in [0.25, 0.3) is 0 Å². The second kappa shape index (κ2) is 4.84. The van der Waals surface area contributed by atoms with Gasteiger partial charge in [-0.3, -0.25) is 4.79 Å². The summed E-state index contributed by atoms with van der Waals surface area (Å²) in [5, 5.41) is 36.3. The van der Waals surface area contributed by atoms with Crippen molar-refractivity contribution in [2.24, 2.45) is 5.41 Å². The van der Waals surface area contributed by atoms with E-state index < -0.39 is 36.1 Å². The van der Waals surface area contributed by atoms with Crippen LogP contribution in [0, 0.1) is 5.41 Å². The van der Waals surface area contributed by atoms with Gasteiger partial charge in [0.2, 0.25) is 0 Å². The molecule has 0 amide bonds. The summed E-state index contributed by atoms with van der Waals surface area (Å²) in [5.74, 6) is -0.963. The fraction of sp³-hybridized carbons (Fsp3) is 0.889. The summed E-state index contributed by atoms with van der Waals surface area (Å²) in [6.07, 6.45) is -4.57. The largest absolute Gasteiger partial charge is 0.393 e. The Bertz CT molecular complexity index is 196. The lowest BCUT2D eigenvalue weighted by Gasteiger charge is -2.29. The number of hydrogen-bond acceptors (Lipinski definition) is 5. The third kappa shape index (κ3) is 3.34. The standard InChI is InChI=1S/C9H18O5/c1-9(2,3)8(14)7(13)6(12)5(11)4-10/h5,7-8,10-11,13-14H,4H2,1-3H3/t5-,7-,8?/m1/s1. The van der Waals surface area contributed by atoms with Crippen LogP contribution in [0.4, 0.5) is 0 Å². The van der Waals surface area contributed by atoms with Gasteiger partial charge in [-0.2, -0.15) is 0 Å². The van der Waals surface area contributed by atoms with E-state index in [0.29, 0.717) is 0 Å². The van der Waals surface area contributed by atoms with E-state index in [4.69, 9.17) is 10.2 Å². The van der Waals surface area contributed by atoms with Crippen LogP contribution >= 0.6 is 0 Å². The number of ketones is 1. The molecule has 0 bridgehead atoms. The Morgan fingerprint density at radius 2 is 1.64 bits per heavy atom. The van der Waals surface area contributed by atoms with Gasteiger partial charge in [0.05, 0.1) is 12.7 Å². The number of Topliss-reactive ketones (excluding diaryl/α,β-unsaturated/α-hetero) is 1. The van der Waals surface area contributed by atoms with E-state index in [1.54, 1.807) is 20.8 Å². The zero-order valence-electron chi connectivity index (χ0n) is 8.64. The number of aliphatic hydroxyl groups is 4. The Kier molecular flexibility index (Phi) is 4.67. The quantitative estimate of drug-likeness (QED) is 0.457. The Morgan fingerprint density at radius 3 is 1.93 bits per heavy atom. The molecule has 0 saturated heterocycles. The average molecular weight is 206 g/mol. The molecule has 14 heavy (non-hydrogen) atoms. The van der Waals surface area contributed by atoms with Gasteiger partial charge in [-0.1, -0.05) is 20.8 Å². The fourth-order valence-electron chi connectivity index (χ4n) is 0.916. The first kappa shape index (κ1) is 13.5. The molecular formula is C9H18O5. The van der Waals surface area contributed by atoms with E-state index in [9.17, 15) is 15.0 Å². The average Bonchev–Trinajstić information content (AvgIpc) is 2.11. The van der Waals surface area contributed by atoms with E-state index in [0.717, 1.165) is 0 Å². The fourth-order valence-corrected chi connectivity index (χ4v) is 0.916. The van der Waals surface area contributed by atoms with Crippen LogP contribution in [0.15, 0.2) is 0 Å². The van der Waals surface area contributed by atoms with Crippen molar-refractivity contribution in [3.63, 3.8) is 0 Å². The van der Waals surface area contributed by atoms with Crippen molar-refractivity contribution in [2.45, 2.75) is 39.1 Å². The second-order valence-electron chi connectivity index (χ2n) is 4.36. The molecular weight excluding hydrogens is 188 g/mol. The maximum atomic E-state index is 11.1. The molecule has 84 valence electrons. The van der Waals surface area contributed by atoms with Crippen LogP contribution in [0.25, 0.3) is 0 Å². The molecule has 0 aliphatic heterocycles. The zero-order valence-corrected chi connectivity index (χ0v) is 8.64. The molecule has 0 aromatic carbocycles. The molecule has 0 fully saturated rings. The van der Waals surface area contributed by atoms with Crippen molar-refractivity contribution >= 4 is 5.78 Å². The summed E-state index contributed by atoms with van der Waals surface area (Å²) in [4.78, 5) is 11.1. The number of rotatable bonds is 4. The molecule has 5 heteroatoms. The van der Waals surface area contributed by atoms with E-state index in [-0.39, 0.29) is 0 Å². The highest BCUT2D eigenvalue weighted by Crippen LogP contribution is 2.22. The van der Waals surface area contributed by atoms with Crippen LogP contribution in [0.5, 0.6) is 0 Å². The molecule has 0 aromatic rings. The Labute approximate surface area is 83.0 Å². The van der Waals surface area contributed by atoms with Gasteiger partial charge in [-0.05, 0) is 5.41 Å². The zero-order chi connectivity index (χ0) is 11.5. The van der Waals surface area contributed by atoms with Gasteiger partial charge in [-0.15, -0.1) is 0 Å². The smallest absolute Gasteiger partial charge is 0.194 e. The monoisotopic (exact) mass is 206 g/mol. The summed E-state index contributed by atoms with van der Waals surface area (Å²) < 4.78 is 0. The molecule has 1 unspecified atom stereocenters. The lowest BCUT2D eigenvalue weighted by Crippen LogP contribution is -2.47. The molecule has 5 nitrogen and oxygen atoms in total. The van der Waals surface area contributed by atoms with Gasteiger partial charge in [0.15, 0.2) is 5.78 Å². The maximum absolute atomic E-state index is 11.1. The highest BCUT2D eigenvalue weighted by atomic mass is 16.4. The molecule has 0 rings (SSSR count). The lowest BCUT2D eigenvalue weighted by atomic mass is 9.84. The van der Waals surface area contributed by atoms with Crippen molar-refractivity contribution in [1.82, 2.24) is 0 Å². The van der Waals surface area contributed by atoms with E-state index in [2.05, 4.69) is 0 Å². The van der Waals surface area contributed by atoms with Gasteiger partial charge in [0, 0.05) is 0 Å². The normalized spacial score (nSPS) is 18.8. The summed E-state index contributed by atoms with van der Waals surface area (Å²) in [6, 6.07) is 0. The van der Waals surface area contributed by atoms with Crippen LogP contribution in [0.3, 0.4) is 0 Å². The molecule has 0 aromatic heterocycles. The minimum atomic E-state index is -1.67. The SMILES string of the molecule is CC(C)(C)C(O)[C@H](O)C(=O)[C@H](O)CO. The van der Waals surface area contributed by atoms with Gasteiger partial charge in [-0.25, -0.2) is 0 Å².